The zero-order valence-corrected chi connectivity index (χ0v) is 9.13. The van der Waals surface area contributed by atoms with E-state index in [0.717, 1.165) is 31.0 Å². The lowest BCUT2D eigenvalue weighted by atomic mass is 9.84. The maximum absolute atomic E-state index is 5.75. The Bertz CT molecular complexity index is 296. The van der Waals surface area contributed by atoms with Crippen molar-refractivity contribution >= 4 is 0 Å². The van der Waals surface area contributed by atoms with E-state index in [4.69, 9.17) is 4.74 Å². The summed E-state index contributed by atoms with van der Waals surface area (Å²) in [6.07, 6.45) is 6.21. The van der Waals surface area contributed by atoms with Gasteiger partial charge >= 0.3 is 0 Å². The average molecular weight is 194 g/mol. The van der Waals surface area contributed by atoms with Crippen molar-refractivity contribution in [2.24, 2.45) is 5.41 Å². The lowest BCUT2D eigenvalue weighted by molar-refractivity contribution is 0.227. The van der Waals surface area contributed by atoms with Gasteiger partial charge in [0.05, 0.1) is 6.61 Å². The molecule has 1 N–H and O–H groups in total. The van der Waals surface area contributed by atoms with Crippen LogP contribution in [0.2, 0.25) is 0 Å². The molecule has 0 amide bonds. The van der Waals surface area contributed by atoms with Gasteiger partial charge in [-0.3, -0.25) is 0 Å². The van der Waals surface area contributed by atoms with E-state index in [-0.39, 0.29) is 5.41 Å². The second-order valence-corrected chi connectivity index (χ2v) is 4.26. The molecule has 2 aliphatic heterocycles. The van der Waals surface area contributed by atoms with Gasteiger partial charge in [-0.15, -0.1) is 0 Å². The predicted molar refractivity (Wildman–Crippen MR) is 56.0 cm³/mol. The molecule has 3 nitrogen and oxygen atoms in total. The second kappa shape index (κ2) is 3.23. The second-order valence-electron chi connectivity index (χ2n) is 4.26. The zero-order chi connectivity index (χ0) is 10.2. The van der Waals surface area contributed by atoms with E-state index in [2.05, 4.69) is 24.1 Å². The van der Waals surface area contributed by atoms with Crippen LogP contribution in [0.1, 0.15) is 26.7 Å². The Morgan fingerprint density at radius 1 is 1.64 bits per heavy atom. The molecule has 1 saturated heterocycles. The van der Waals surface area contributed by atoms with Crippen molar-refractivity contribution in [1.29, 1.82) is 0 Å². The Kier molecular flexibility index (Phi) is 2.17. The summed E-state index contributed by atoms with van der Waals surface area (Å²) in [4.78, 5) is 2.08. The van der Waals surface area contributed by atoms with E-state index >= 15 is 0 Å². The minimum absolute atomic E-state index is 0.211. The van der Waals surface area contributed by atoms with Crippen LogP contribution in [0, 0.1) is 5.41 Å². The monoisotopic (exact) mass is 194 g/mol. The van der Waals surface area contributed by atoms with E-state index in [1.807, 2.05) is 19.4 Å². The molecule has 1 fully saturated rings. The molecule has 1 unspecified atom stereocenters. The highest BCUT2D eigenvalue weighted by Crippen LogP contribution is 2.42. The topological polar surface area (TPSA) is 24.5 Å². The Labute approximate surface area is 85.4 Å². The van der Waals surface area contributed by atoms with Crippen molar-refractivity contribution in [3.63, 3.8) is 0 Å². The van der Waals surface area contributed by atoms with Crippen LogP contribution >= 0.6 is 0 Å². The van der Waals surface area contributed by atoms with Crippen LogP contribution in [0.25, 0.3) is 0 Å². The van der Waals surface area contributed by atoms with Gasteiger partial charge in [0.25, 0.3) is 0 Å². The van der Waals surface area contributed by atoms with E-state index in [9.17, 15) is 0 Å². The predicted octanol–water partition coefficient (Wildman–Crippen LogP) is 2.00. The Balaban J connectivity index is 2.33. The molecule has 0 spiro atoms. The molecule has 2 heterocycles. The molecule has 0 aromatic carbocycles. The van der Waals surface area contributed by atoms with E-state index in [0.29, 0.717) is 0 Å². The van der Waals surface area contributed by atoms with Gasteiger partial charge in [0.1, 0.15) is 11.6 Å². The number of hydrogen-bond acceptors (Lipinski definition) is 3. The van der Waals surface area contributed by atoms with Crippen LogP contribution in [0.5, 0.6) is 0 Å². The molecule has 0 aromatic heterocycles. The molecular weight excluding hydrogens is 176 g/mol. The number of hydrogen-bond donors (Lipinski definition) is 1. The summed E-state index contributed by atoms with van der Waals surface area (Å²) >= 11 is 0. The highest BCUT2D eigenvalue weighted by molar-refractivity contribution is 5.22. The third-order valence-corrected chi connectivity index (χ3v) is 3.31. The molecule has 0 radical (unpaired) electrons. The molecule has 2 aliphatic rings. The summed E-state index contributed by atoms with van der Waals surface area (Å²) in [6.45, 7) is 5.34. The first-order chi connectivity index (χ1) is 6.67. The van der Waals surface area contributed by atoms with E-state index in [1.54, 1.807) is 0 Å². The van der Waals surface area contributed by atoms with Crippen LogP contribution in [-0.4, -0.2) is 18.6 Å². The minimum atomic E-state index is 0.211. The Hall–Kier alpha value is -1.12. The number of nitrogens with zero attached hydrogens (tertiary/aromatic N) is 1. The smallest absolute Gasteiger partial charge is 0.149 e. The third kappa shape index (κ3) is 1.27. The van der Waals surface area contributed by atoms with Gasteiger partial charge in [-0.2, -0.15) is 0 Å². The van der Waals surface area contributed by atoms with Gasteiger partial charge in [0.2, 0.25) is 0 Å². The van der Waals surface area contributed by atoms with Crippen LogP contribution in [-0.2, 0) is 4.74 Å². The highest BCUT2D eigenvalue weighted by Gasteiger charge is 2.38. The first-order valence-corrected chi connectivity index (χ1v) is 5.21. The fourth-order valence-corrected chi connectivity index (χ4v) is 1.99. The van der Waals surface area contributed by atoms with Gasteiger partial charge in [0, 0.05) is 24.9 Å². The summed E-state index contributed by atoms with van der Waals surface area (Å²) < 4.78 is 5.75. The number of ether oxygens (including phenoxy) is 1. The molecular formula is C11H18N2O. The first-order valence-electron chi connectivity index (χ1n) is 5.21. The van der Waals surface area contributed by atoms with Gasteiger partial charge in [-0.05, 0) is 12.8 Å². The summed E-state index contributed by atoms with van der Waals surface area (Å²) in [5.74, 6) is 2.22. The van der Waals surface area contributed by atoms with Crippen molar-refractivity contribution < 1.29 is 4.74 Å². The molecule has 0 aromatic rings. The average Bonchev–Trinajstić information content (AvgIpc) is 2.73. The van der Waals surface area contributed by atoms with Crippen molar-refractivity contribution in [2.75, 3.05) is 13.7 Å². The third-order valence-electron chi connectivity index (χ3n) is 3.31. The molecule has 1 atom stereocenters. The van der Waals surface area contributed by atoms with E-state index in [1.165, 1.54) is 0 Å². The van der Waals surface area contributed by atoms with Gasteiger partial charge < -0.3 is 15.0 Å². The summed E-state index contributed by atoms with van der Waals surface area (Å²) in [5.41, 5.74) is 0.211. The highest BCUT2D eigenvalue weighted by atomic mass is 16.5. The van der Waals surface area contributed by atoms with Crippen LogP contribution in [0.3, 0.4) is 0 Å². The van der Waals surface area contributed by atoms with Crippen molar-refractivity contribution in [2.45, 2.75) is 26.7 Å². The standard InChI is InChI=1S/C11H18N2O/c1-4-11(2)5-8-14-9(11)10-12-6-7-13(10)3/h6-7,12H,4-5,8H2,1-3H3. The number of rotatable bonds is 1. The normalized spacial score (nSPS) is 36.1. The van der Waals surface area contributed by atoms with Crippen molar-refractivity contribution in [3.05, 3.63) is 24.0 Å². The van der Waals surface area contributed by atoms with Crippen LogP contribution < -0.4 is 5.32 Å². The van der Waals surface area contributed by atoms with Crippen LogP contribution in [0.4, 0.5) is 0 Å². The molecule has 0 bridgehead atoms. The van der Waals surface area contributed by atoms with Gasteiger partial charge in [0.15, 0.2) is 0 Å². The molecule has 78 valence electrons. The van der Waals surface area contributed by atoms with Gasteiger partial charge in [-0.25, -0.2) is 0 Å². The number of nitrogens with one attached hydrogen (secondary N) is 1. The fourth-order valence-electron chi connectivity index (χ4n) is 1.99. The molecule has 0 saturated carbocycles. The zero-order valence-electron chi connectivity index (χ0n) is 9.13. The Morgan fingerprint density at radius 2 is 2.43 bits per heavy atom. The lowest BCUT2D eigenvalue weighted by Gasteiger charge is -2.25. The van der Waals surface area contributed by atoms with Crippen LogP contribution in [0.15, 0.2) is 24.0 Å². The molecule has 0 aliphatic carbocycles. The molecule has 14 heavy (non-hydrogen) atoms. The minimum Gasteiger partial charge on any atom is -0.494 e. The fraction of sp³-hybridized carbons (Fsp3) is 0.636. The quantitative estimate of drug-likeness (QED) is 0.691. The maximum Gasteiger partial charge on any atom is 0.149 e. The summed E-state index contributed by atoms with van der Waals surface area (Å²) in [7, 11) is 2.04. The SMILES string of the molecule is CCC1(C)CCOC1=C1NC=CN1C. The van der Waals surface area contributed by atoms with E-state index < -0.39 is 0 Å². The van der Waals surface area contributed by atoms with Crippen molar-refractivity contribution in [1.82, 2.24) is 10.2 Å². The Morgan fingerprint density at radius 3 is 3.00 bits per heavy atom. The number of allylic oxidation sites excluding steroid dienone is 1. The molecule has 2 rings (SSSR count). The summed E-state index contributed by atoms with van der Waals surface area (Å²) in [5, 5.41) is 3.24. The first kappa shape index (κ1) is 9.44. The van der Waals surface area contributed by atoms with Gasteiger partial charge in [-0.1, -0.05) is 13.8 Å². The van der Waals surface area contributed by atoms with Crippen molar-refractivity contribution in [3.8, 4) is 0 Å². The molecule has 3 heteroatoms. The lowest BCUT2D eigenvalue weighted by Crippen LogP contribution is -2.23. The summed E-state index contributed by atoms with van der Waals surface area (Å²) in [6, 6.07) is 0. The maximum atomic E-state index is 5.75. The largest absolute Gasteiger partial charge is 0.494 e.